The van der Waals surface area contributed by atoms with Gasteiger partial charge < -0.3 is 19.3 Å². The molecule has 0 saturated heterocycles. The van der Waals surface area contributed by atoms with E-state index < -0.39 is 9.85 Å². The average Bonchev–Trinajstić information content (AvgIpc) is 3.26. The second kappa shape index (κ2) is 20.9. The van der Waals surface area contributed by atoms with E-state index in [-0.39, 0.29) is 33.7 Å². The quantitative estimate of drug-likeness (QED) is 0.0457. The van der Waals surface area contributed by atoms with Crippen molar-refractivity contribution in [3.63, 3.8) is 0 Å². The lowest BCUT2D eigenvalue weighted by molar-refractivity contribution is -0.385. The minimum absolute atomic E-state index is 0.0249. The summed E-state index contributed by atoms with van der Waals surface area (Å²) < 4.78 is 11.3. The van der Waals surface area contributed by atoms with Crippen molar-refractivity contribution < 1.29 is 19.3 Å². The minimum atomic E-state index is -0.545. The van der Waals surface area contributed by atoms with Crippen LogP contribution in [0.1, 0.15) is 111 Å². The number of methoxy groups -OCH3 is 2. The molecule has 0 amide bonds. The average molecular weight is 870 g/mol. The number of anilines is 2. The van der Waals surface area contributed by atoms with E-state index in [1.807, 2.05) is 30.3 Å². The number of nitro groups is 2. The van der Waals surface area contributed by atoms with Gasteiger partial charge in [0.1, 0.15) is 34.6 Å². The van der Waals surface area contributed by atoms with Crippen molar-refractivity contribution in [1.29, 1.82) is 5.26 Å². The van der Waals surface area contributed by atoms with Crippen LogP contribution in [0.3, 0.4) is 0 Å². The molecule has 336 valence electrons. The topological polar surface area (TPSA) is 184 Å². The number of ether oxygens (including phenoxy) is 2. The van der Waals surface area contributed by atoms with Gasteiger partial charge in [0, 0.05) is 72.0 Å². The SMILES string of the molecule is CCCCCN1c2cc(OC)c(N=Nc3ccc([N+](=O)[O-])cc3)cc2C(C)=CC1(C)C.CCCCCN1c2cc(OC)c(N=Nc3ccc([N+](=O)[O-])cc3C#N)cc2C(C)=CC1(C)C. The Morgan fingerprint density at radius 1 is 0.625 bits per heavy atom. The lowest BCUT2D eigenvalue weighted by Crippen LogP contribution is -2.45. The number of allylic oxidation sites excluding steroid dienone is 2. The Labute approximate surface area is 376 Å². The predicted molar refractivity (Wildman–Crippen MR) is 254 cm³/mol. The molecule has 0 aromatic heterocycles. The first-order valence-corrected chi connectivity index (χ1v) is 21.6. The maximum absolute atomic E-state index is 11.0. The van der Waals surface area contributed by atoms with Gasteiger partial charge >= 0.3 is 0 Å². The summed E-state index contributed by atoms with van der Waals surface area (Å²) in [5.74, 6) is 1.22. The number of nitriles is 1. The Balaban J connectivity index is 0.000000241. The molecule has 0 unspecified atom stereocenters. The zero-order chi connectivity index (χ0) is 46.8. The lowest BCUT2D eigenvalue weighted by Gasteiger charge is -2.43. The molecular weight excluding hydrogens is 811 g/mol. The zero-order valence-electron chi connectivity index (χ0n) is 38.6. The number of non-ortho nitro benzene ring substituents is 2. The molecule has 4 aromatic rings. The van der Waals surface area contributed by atoms with Crippen molar-refractivity contribution in [1.82, 2.24) is 0 Å². The second-order valence-corrected chi connectivity index (χ2v) is 17.0. The van der Waals surface area contributed by atoms with Crippen molar-refractivity contribution in [3.8, 4) is 17.6 Å². The maximum Gasteiger partial charge on any atom is 0.270 e. The van der Waals surface area contributed by atoms with Crippen molar-refractivity contribution >= 4 is 56.6 Å². The first-order valence-electron chi connectivity index (χ1n) is 21.6. The summed E-state index contributed by atoms with van der Waals surface area (Å²) in [6, 6.07) is 19.9. The van der Waals surface area contributed by atoms with Crippen molar-refractivity contribution in [3.05, 3.63) is 116 Å². The van der Waals surface area contributed by atoms with Crippen LogP contribution in [-0.2, 0) is 0 Å². The van der Waals surface area contributed by atoms with Crippen LogP contribution in [0.2, 0.25) is 0 Å². The molecule has 4 aromatic carbocycles. The smallest absolute Gasteiger partial charge is 0.270 e. The highest BCUT2D eigenvalue weighted by Crippen LogP contribution is 2.47. The summed E-state index contributed by atoms with van der Waals surface area (Å²) in [7, 11) is 3.22. The van der Waals surface area contributed by atoms with E-state index in [9.17, 15) is 25.5 Å². The van der Waals surface area contributed by atoms with Gasteiger partial charge in [0.05, 0.1) is 46.4 Å². The van der Waals surface area contributed by atoms with Gasteiger partial charge in [-0.1, -0.05) is 51.7 Å². The molecule has 6 rings (SSSR count). The fourth-order valence-electron chi connectivity index (χ4n) is 8.20. The van der Waals surface area contributed by atoms with Crippen LogP contribution in [0.15, 0.2) is 99.3 Å². The summed E-state index contributed by atoms with van der Waals surface area (Å²) in [5, 5.41) is 48.4. The van der Waals surface area contributed by atoms with Gasteiger partial charge in [0.15, 0.2) is 0 Å². The molecule has 0 radical (unpaired) electrons. The fraction of sp³-hybridized carbons (Fsp3) is 0.408. The predicted octanol–water partition coefficient (Wildman–Crippen LogP) is 14.3. The molecular formula is C49H59N9O6. The van der Waals surface area contributed by atoms with E-state index in [0.717, 1.165) is 60.4 Å². The van der Waals surface area contributed by atoms with Crippen LogP contribution in [-0.4, -0.2) is 48.2 Å². The van der Waals surface area contributed by atoms with Gasteiger partial charge in [-0.05, 0) is 95.9 Å². The third-order valence-corrected chi connectivity index (χ3v) is 11.4. The molecule has 2 aliphatic rings. The van der Waals surface area contributed by atoms with Gasteiger partial charge in [-0.3, -0.25) is 20.2 Å². The molecule has 15 nitrogen and oxygen atoms in total. The number of rotatable bonds is 16. The van der Waals surface area contributed by atoms with Crippen LogP contribution < -0.4 is 19.3 Å². The van der Waals surface area contributed by atoms with Crippen molar-refractivity contribution in [2.75, 3.05) is 37.1 Å². The number of nitro benzene ring substituents is 2. The highest BCUT2D eigenvalue weighted by atomic mass is 16.6. The van der Waals surface area contributed by atoms with Gasteiger partial charge in [0.25, 0.3) is 11.4 Å². The fourth-order valence-corrected chi connectivity index (χ4v) is 8.20. The minimum Gasteiger partial charge on any atom is -0.494 e. The molecule has 2 aliphatic heterocycles. The van der Waals surface area contributed by atoms with Crippen LogP contribution in [0, 0.1) is 31.6 Å². The van der Waals surface area contributed by atoms with E-state index >= 15 is 0 Å². The number of benzene rings is 4. The number of hydrogen-bond donors (Lipinski definition) is 0. The Morgan fingerprint density at radius 3 is 1.48 bits per heavy atom. The summed E-state index contributed by atoms with van der Waals surface area (Å²) in [6.45, 7) is 19.4. The summed E-state index contributed by atoms with van der Waals surface area (Å²) in [5.41, 5.74) is 8.46. The number of hydrogen-bond acceptors (Lipinski definition) is 13. The van der Waals surface area contributed by atoms with Gasteiger partial charge in [0.2, 0.25) is 0 Å². The molecule has 0 spiro atoms. The van der Waals surface area contributed by atoms with Crippen LogP contribution in [0.5, 0.6) is 11.5 Å². The van der Waals surface area contributed by atoms with E-state index in [2.05, 4.69) is 97.8 Å². The van der Waals surface area contributed by atoms with Gasteiger partial charge in [-0.25, -0.2) is 0 Å². The van der Waals surface area contributed by atoms with Crippen LogP contribution in [0.25, 0.3) is 11.1 Å². The molecule has 0 fully saturated rings. The van der Waals surface area contributed by atoms with E-state index in [1.165, 1.54) is 55.2 Å². The maximum atomic E-state index is 11.0. The number of unbranched alkanes of at least 4 members (excludes halogenated alkanes) is 4. The zero-order valence-corrected chi connectivity index (χ0v) is 38.6. The molecule has 0 N–H and O–H groups in total. The number of fused-ring (bicyclic) bond motifs is 2. The van der Waals surface area contributed by atoms with E-state index in [0.29, 0.717) is 28.6 Å². The standard InChI is InChI=1S/C25H29N5O3.C24H30N4O3/c1-6-7-8-11-29-23-14-24(33-5)22(13-20(23)17(2)15-25(29,3)4)28-27-21-10-9-19(30(31)32)12-18(21)16-26;1-6-7-8-13-27-22-15-23(31-5)21(14-20(22)17(2)16-24(27,3)4)26-25-18-9-11-19(12-10-18)28(29)30/h9-10,12-15H,6-8,11H2,1-5H3;9-12,14-16H,6-8,13H2,1-5H3. The summed E-state index contributed by atoms with van der Waals surface area (Å²) in [4.78, 5) is 25.7. The first-order chi connectivity index (χ1) is 30.5. The van der Waals surface area contributed by atoms with E-state index in [1.54, 1.807) is 26.4 Å². The van der Waals surface area contributed by atoms with Crippen molar-refractivity contribution in [2.45, 2.75) is 105 Å². The highest BCUT2D eigenvalue weighted by Gasteiger charge is 2.33. The third kappa shape index (κ3) is 11.2. The summed E-state index contributed by atoms with van der Waals surface area (Å²) in [6.07, 6.45) is 11.5. The molecule has 64 heavy (non-hydrogen) atoms. The van der Waals surface area contributed by atoms with Crippen LogP contribution >= 0.6 is 0 Å². The molecule has 0 saturated carbocycles. The Hall–Kier alpha value is -6.95. The Morgan fingerprint density at radius 2 is 1.06 bits per heavy atom. The monoisotopic (exact) mass is 869 g/mol. The largest absolute Gasteiger partial charge is 0.494 e. The van der Waals surface area contributed by atoms with Crippen molar-refractivity contribution in [2.24, 2.45) is 20.5 Å². The lowest BCUT2D eigenvalue weighted by atomic mass is 9.88. The molecule has 2 heterocycles. The molecule has 0 bridgehead atoms. The number of azo groups is 2. The molecule has 0 aliphatic carbocycles. The third-order valence-electron chi connectivity index (χ3n) is 11.4. The molecule has 0 atom stereocenters. The van der Waals surface area contributed by atoms with Gasteiger partial charge in [-0.2, -0.15) is 10.4 Å². The highest BCUT2D eigenvalue weighted by molar-refractivity contribution is 5.86. The van der Waals surface area contributed by atoms with E-state index in [4.69, 9.17) is 9.47 Å². The summed E-state index contributed by atoms with van der Waals surface area (Å²) >= 11 is 0. The second-order valence-electron chi connectivity index (χ2n) is 17.0. The van der Waals surface area contributed by atoms with Gasteiger partial charge in [-0.15, -0.1) is 15.3 Å². The molecule has 15 heteroatoms. The Bertz CT molecular complexity index is 2520. The normalized spacial score (nSPS) is 14.8. The Kier molecular flexibility index (Phi) is 15.7. The van der Waals surface area contributed by atoms with Crippen LogP contribution in [0.4, 0.5) is 45.5 Å². The first kappa shape index (κ1) is 48.1. The number of nitrogens with zero attached hydrogens (tertiary/aromatic N) is 9.